The van der Waals surface area contributed by atoms with Crippen molar-refractivity contribution in [2.24, 2.45) is 0 Å². The maximum Gasteiger partial charge on any atom is 0.337 e. The number of urea groups is 1. The first kappa shape index (κ1) is 15.9. The molecule has 0 fully saturated rings. The Morgan fingerprint density at radius 2 is 2.05 bits per heavy atom. The molecule has 1 aromatic carbocycles. The van der Waals surface area contributed by atoms with Gasteiger partial charge in [-0.05, 0) is 32.4 Å². The summed E-state index contributed by atoms with van der Waals surface area (Å²) in [7, 11) is 0. The number of carbonyl (C=O) groups excluding carboxylic acids is 1. The summed E-state index contributed by atoms with van der Waals surface area (Å²) in [5, 5.41) is 11.4. The number of para-hydroxylation sites is 1. The number of carboxylic acid groups (broad SMARTS) is 1. The lowest BCUT2D eigenvalue weighted by molar-refractivity contribution is 0.0697. The van der Waals surface area contributed by atoms with Gasteiger partial charge in [-0.25, -0.2) is 14.0 Å². The number of aromatic carboxylic acids is 1. The Hall–Kier alpha value is -2.11. The molecule has 0 bridgehead atoms. The van der Waals surface area contributed by atoms with Gasteiger partial charge in [-0.2, -0.15) is 0 Å². The van der Waals surface area contributed by atoms with Crippen molar-refractivity contribution in [3.05, 3.63) is 29.6 Å². The van der Waals surface area contributed by atoms with Crippen LogP contribution in [-0.2, 0) is 0 Å². The highest BCUT2D eigenvalue weighted by Gasteiger charge is 2.21. The normalized spacial score (nSPS) is 11.8. The Labute approximate surface area is 117 Å². The summed E-state index contributed by atoms with van der Waals surface area (Å²) in [5.41, 5.74) is -0.565. The molecular weight excluding hydrogens is 263 g/mol. The lowest BCUT2D eigenvalue weighted by Crippen LogP contribution is -2.41. The Morgan fingerprint density at radius 3 is 2.55 bits per heavy atom. The highest BCUT2D eigenvalue weighted by atomic mass is 19.1. The number of nitrogens with zero attached hydrogens (tertiary/aromatic N) is 1. The molecule has 0 saturated carbocycles. The number of carboxylic acids is 1. The van der Waals surface area contributed by atoms with Gasteiger partial charge in [-0.15, -0.1) is 0 Å². The summed E-state index contributed by atoms with van der Waals surface area (Å²) < 4.78 is 13.7. The lowest BCUT2D eigenvalue weighted by atomic mass is 10.1. The number of carbonyl (C=O) groups is 2. The van der Waals surface area contributed by atoms with Crippen molar-refractivity contribution in [2.75, 3.05) is 11.9 Å². The second-order valence-corrected chi connectivity index (χ2v) is 4.44. The van der Waals surface area contributed by atoms with E-state index in [0.29, 0.717) is 6.54 Å². The molecule has 0 aliphatic heterocycles. The topological polar surface area (TPSA) is 69.6 Å². The summed E-state index contributed by atoms with van der Waals surface area (Å²) in [6, 6.07) is 3.14. The summed E-state index contributed by atoms with van der Waals surface area (Å²) >= 11 is 0. The molecule has 0 aromatic heterocycles. The fourth-order valence-electron chi connectivity index (χ4n) is 1.88. The van der Waals surface area contributed by atoms with Crippen molar-refractivity contribution < 1.29 is 19.1 Å². The molecule has 2 N–H and O–H groups in total. The van der Waals surface area contributed by atoms with Crippen LogP contribution in [0.5, 0.6) is 0 Å². The number of hydrogen-bond acceptors (Lipinski definition) is 2. The van der Waals surface area contributed by atoms with E-state index < -0.39 is 17.8 Å². The van der Waals surface area contributed by atoms with Crippen molar-refractivity contribution in [1.82, 2.24) is 4.90 Å². The van der Waals surface area contributed by atoms with Gasteiger partial charge in [0.2, 0.25) is 0 Å². The minimum atomic E-state index is -1.29. The lowest BCUT2D eigenvalue weighted by Gasteiger charge is -2.27. The second-order valence-electron chi connectivity index (χ2n) is 4.44. The van der Waals surface area contributed by atoms with E-state index in [9.17, 15) is 14.0 Å². The Balaban J connectivity index is 3.04. The molecule has 1 atom stereocenters. The van der Waals surface area contributed by atoms with E-state index in [1.165, 1.54) is 17.0 Å². The third-order valence-electron chi connectivity index (χ3n) is 3.20. The van der Waals surface area contributed by atoms with Crippen molar-refractivity contribution in [3.63, 3.8) is 0 Å². The number of benzene rings is 1. The van der Waals surface area contributed by atoms with Gasteiger partial charge in [0.15, 0.2) is 0 Å². The van der Waals surface area contributed by atoms with Crippen LogP contribution in [0.3, 0.4) is 0 Å². The van der Waals surface area contributed by atoms with Gasteiger partial charge in [0.25, 0.3) is 0 Å². The smallest absolute Gasteiger partial charge is 0.337 e. The van der Waals surface area contributed by atoms with E-state index >= 15 is 0 Å². The van der Waals surface area contributed by atoms with E-state index in [1.807, 2.05) is 20.8 Å². The van der Waals surface area contributed by atoms with Crippen LogP contribution in [0.1, 0.15) is 37.6 Å². The van der Waals surface area contributed by atoms with Gasteiger partial charge in [0, 0.05) is 12.6 Å². The van der Waals surface area contributed by atoms with Gasteiger partial charge in [0.05, 0.1) is 11.3 Å². The van der Waals surface area contributed by atoms with Crippen molar-refractivity contribution in [2.45, 2.75) is 33.2 Å². The molecule has 0 spiro atoms. The van der Waals surface area contributed by atoms with Crippen LogP contribution in [0.15, 0.2) is 18.2 Å². The first-order valence-electron chi connectivity index (χ1n) is 6.51. The Morgan fingerprint density at radius 1 is 1.40 bits per heavy atom. The number of nitrogens with one attached hydrogen (secondary N) is 1. The average molecular weight is 282 g/mol. The predicted octanol–water partition coefficient (Wildman–Crippen LogP) is 3.18. The number of anilines is 1. The molecule has 1 aromatic rings. The van der Waals surface area contributed by atoms with Crippen LogP contribution in [0.4, 0.5) is 14.9 Å². The molecule has 1 unspecified atom stereocenters. The second kappa shape index (κ2) is 6.88. The SMILES string of the molecule is CCC(C)N(CC)C(=O)Nc1c(F)cccc1C(=O)O. The largest absolute Gasteiger partial charge is 0.478 e. The van der Waals surface area contributed by atoms with Crippen LogP contribution < -0.4 is 5.32 Å². The van der Waals surface area contributed by atoms with Crippen LogP contribution in [-0.4, -0.2) is 34.6 Å². The van der Waals surface area contributed by atoms with Crippen molar-refractivity contribution in [1.29, 1.82) is 0 Å². The Kier molecular flexibility index (Phi) is 5.49. The molecule has 0 aliphatic rings. The zero-order chi connectivity index (χ0) is 15.3. The number of hydrogen-bond donors (Lipinski definition) is 2. The molecule has 0 heterocycles. The standard InChI is InChI=1S/C14H19FN2O3/c1-4-9(3)17(5-2)14(20)16-12-10(13(18)19)7-6-8-11(12)15/h6-9H,4-5H2,1-3H3,(H,16,20)(H,18,19). The van der Waals surface area contributed by atoms with E-state index in [2.05, 4.69) is 5.32 Å². The van der Waals surface area contributed by atoms with E-state index in [0.717, 1.165) is 12.5 Å². The van der Waals surface area contributed by atoms with E-state index in [4.69, 9.17) is 5.11 Å². The molecular formula is C14H19FN2O3. The quantitative estimate of drug-likeness (QED) is 0.871. The van der Waals surface area contributed by atoms with Gasteiger partial charge in [0.1, 0.15) is 5.82 Å². The van der Waals surface area contributed by atoms with Gasteiger partial charge >= 0.3 is 12.0 Å². The molecule has 0 radical (unpaired) electrons. The summed E-state index contributed by atoms with van der Waals surface area (Å²) in [6.45, 7) is 6.08. The molecule has 0 saturated heterocycles. The number of amides is 2. The zero-order valence-corrected chi connectivity index (χ0v) is 11.8. The molecule has 20 heavy (non-hydrogen) atoms. The third kappa shape index (κ3) is 3.46. The molecule has 110 valence electrons. The van der Waals surface area contributed by atoms with Crippen molar-refractivity contribution >= 4 is 17.7 Å². The first-order chi connectivity index (χ1) is 9.42. The highest BCUT2D eigenvalue weighted by Crippen LogP contribution is 2.21. The van der Waals surface area contributed by atoms with E-state index in [1.54, 1.807) is 0 Å². The van der Waals surface area contributed by atoms with Crippen LogP contribution in [0.25, 0.3) is 0 Å². The van der Waals surface area contributed by atoms with Gasteiger partial charge < -0.3 is 15.3 Å². The third-order valence-corrected chi connectivity index (χ3v) is 3.20. The monoisotopic (exact) mass is 282 g/mol. The molecule has 6 heteroatoms. The predicted molar refractivity (Wildman–Crippen MR) is 74.5 cm³/mol. The molecule has 0 aliphatic carbocycles. The highest BCUT2D eigenvalue weighted by molar-refractivity contribution is 6.00. The maximum absolute atomic E-state index is 13.7. The minimum Gasteiger partial charge on any atom is -0.478 e. The number of rotatable bonds is 5. The fourth-order valence-corrected chi connectivity index (χ4v) is 1.88. The Bertz CT molecular complexity index is 505. The zero-order valence-electron chi connectivity index (χ0n) is 11.8. The first-order valence-corrected chi connectivity index (χ1v) is 6.51. The summed E-state index contributed by atoms with van der Waals surface area (Å²) in [6.07, 6.45) is 0.754. The summed E-state index contributed by atoms with van der Waals surface area (Å²) in [4.78, 5) is 24.7. The van der Waals surface area contributed by atoms with Crippen LogP contribution in [0, 0.1) is 5.82 Å². The van der Waals surface area contributed by atoms with Crippen LogP contribution >= 0.6 is 0 Å². The maximum atomic E-state index is 13.7. The van der Waals surface area contributed by atoms with Gasteiger partial charge in [-0.3, -0.25) is 0 Å². The fraction of sp³-hybridized carbons (Fsp3) is 0.429. The van der Waals surface area contributed by atoms with Gasteiger partial charge in [-0.1, -0.05) is 13.0 Å². The molecule has 1 rings (SSSR count). The van der Waals surface area contributed by atoms with E-state index in [-0.39, 0.29) is 17.3 Å². The van der Waals surface area contributed by atoms with Crippen molar-refractivity contribution in [3.8, 4) is 0 Å². The number of halogens is 1. The van der Waals surface area contributed by atoms with Crippen LogP contribution in [0.2, 0.25) is 0 Å². The molecule has 5 nitrogen and oxygen atoms in total. The summed E-state index contributed by atoms with van der Waals surface area (Å²) in [5.74, 6) is -2.05. The minimum absolute atomic E-state index is 0.0138. The average Bonchev–Trinajstić information content (AvgIpc) is 2.41. The molecule has 2 amide bonds.